The van der Waals surface area contributed by atoms with Crippen LogP contribution in [0.3, 0.4) is 0 Å². The third kappa shape index (κ3) is 1.99. The minimum atomic E-state index is 0.151. The Morgan fingerprint density at radius 2 is 2.17 bits per heavy atom. The van der Waals surface area contributed by atoms with E-state index in [4.69, 9.17) is 0 Å². The molecular formula is C12H20BBrN3O+. The molecule has 1 aromatic heterocycles. The van der Waals surface area contributed by atoms with Gasteiger partial charge in [-0.15, -0.1) is 0 Å². The highest BCUT2D eigenvalue weighted by atomic mass is 79.9. The van der Waals surface area contributed by atoms with E-state index in [1.165, 1.54) is 36.9 Å². The molecule has 18 heavy (non-hydrogen) atoms. The molecule has 6 heteroatoms. The van der Waals surface area contributed by atoms with Gasteiger partial charge in [0.25, 0.3) is 6.01 Å². The Morgan fingerprint density at radius 3 is 2.67 bits per heavy atom. The van der Waals surface area contributed by atoms with Gasteiger partial charge in [-0.1, -0.05) is 0 Å². The zero-order chi connectivity index (χ0) is 12.9. The van der Waals surface area contributed by atoms with E-state index in [-0.39, 0.29) is 6.01 Å². The van der Waals surface area contributed by atoms with Crippen molar-refractivity contribution in [1.82, 2.24) is 9.55 Å². The van der Waals surface area contributed by atoms with Crippen LogP contribution < -0.4 is 0 Å². The molecule has 0 saturated carbocycles. The first kappa shape index (κ1) is 12.5. The second kappa shape index (κ2) is 4.27. The standard InChI is InChI=1S/C12H19BBrN3O/c1-8-11(14)15-12(18)16(8)6-10-7-17(13)4-2-9(10)3-5-17/h9-10H,2-7,13H2,1H3/p+1. The molecule has 0 amide bonds. The first-order valence-electron chi connectivity index (χ1n) is 6.74. The second-order valence-electron chi connectivity index (χ2n) is 6.25. The average Bonchev–Trinajstić information content (AvgIpc) is 2.56. The van der Waals surface area contributed by atoms with Crippen molar-refractivity contribution in [2.24, 2.45) is 11.8 Å². The van der Waals surface area contributed by atoms with E-state index < -0.39 is 0 Å². The first-order valence-corrected chi connectivity index (χ1v) is 7.53. The van der Waals surface area contributed by atoms with Crippen molar-refractivity contribution in [3.63, 3.8) is 0 Å². The summed E-state index contributed by atoms with van der Waals surface area (Å²) in [5, 5.41) is 9.89. The summed E-state index contributed by atoms with van der Waals surface area (Å²) in [6, 6.07) is 0.151. The molecule has 2 bridgehead atoms. The highest BCUT2D eigenvalue weighted by Gasteiger charge is 2.42. The lowest BCUT2D eigenvalue weighted by atomic mass is 9.75. The number of piperidine rings is 3. The van der Waals surface area contributed by atoms with Crippen LogP contribution >= 0.6 is 15.9 Å². The summed E-state index contributed by atoms with van der Waals surface area (Å²) in [5.41, 5.74) is 1.03. The Kier molecular flexibility index (Phi) is 2.98. The number of imidazole rings is 1. The van der Waals surface area contributed by atoms with Gasteiger partial charge >= 0.3 is 7.98 Å². The van der Waals surface area contributed by atoms with Crippen molar-refractivity contribution >= 4 is 23.9 Å². The summed E-state index contributed by atoms with van der Waals surface area (Å²) in [6.45, 7) is 6.84. The van der Waals surface area contributed by atoms with Crippen LogP contribution in [-0.2, 0) is 6.54 Å². The van der Waals surface area contributed by atoms with Gasteiger partial charge < -0.3 is 9.50 Å². The Labute approximate surface area is 117 Å². The molecule has 98 valence electrons. The number of nitrogens with zero attached hydrogens (tertiary/aromatic N) is 3. The smallest absolute Gasteiger partial charge is 0.372 e. The molecule has 1 aromatic rings. The maximum atomic E-state index is 9.89. The molecule has 4 nitrogen and oxygen atoms in total. The Balaban J connectivity index is 1.81. The van der Waals surface area contributed by atoms with Crippen molar-refractivity contribution in [2.75, 3.05) is 19.6 Å². The first-order chi connectivity index (χ1) is 8.48. The third-order valence-electron chi connectivity index (χ3n) is 4.98. The van der Waals surface area contributed by atoms with Crippen molar-refractivity contribution < 1.29 is 9.50 Å². The number of hydrogen-bond acceptors (Lipinski definition) is 2. The average molecular weight is 313 g/mol. The van der Waals surface area contributed by atoms with Gasteiger partial charge in [-0.25, -0.2) is 0 Å². The number of hydrogen-bond donors (Lipinski definition) is 1. The summed E-state index contributed by atoms with van der Waals surface area (Å²) in [6.07, 6.45) is 2.69. The molecule has 0 radical (unpaired) electrons. The van der Waals surface area contributed by atoms with E-state index >= 15 is 0 Å². The lowest BCUT2D eigenvalue weighted by molar-refractivity contribution is -0.841. The number of halogens is 1. The molecule has 1 N–H and O–H groups in total. The summed E-state index contributed by atoms with van der Waals surface area (Å²) in [5.74, 6) is 1.52. The van der Waals surface area contributed by atoms with Crippen molar-refractivity contribution in [2.45, 2.75) is 26.3 Å². The monoisotopic (exact) mass is 312 g/mol. The maximum absolute atomic E-state index is 9.89. The Morgan fingerprint density at radius 1 is 1.50 bits per heavy atom. The van der Waals surface area contributed by atoms with Crippen molar-refractivity contribution in [3.05, 3.63) is 10.3 Å². The molecule has 3 saturated heterocycles. The number of aromatic nitrogens is 2. The van der Waals surface area contributed by atoms with Crippen LogP contribution in [0.5, 0.6) is 6.01 Å². The van der Waals surface area contributed by atoms with Gasteiger partial charge in [-0.3, -0.25) is 4.57 Å². The fourth-order valence-electron chi connectivity index (χ4n) is 3.73. The van der Waals surface area contributed by atoms with Crippen LogP contribution in [0.1, 0.15) is 18.5 Å². The fourth-order valence-corrected chi connectivity index (χ4v) is 4.10. The summed E-state index contributed by atoms with van der Waals surface area (Å²) in [4.78, 5) is 4.09. The fraction of sp³-hybridized carbons (Fsp3) is 0.750. The molecule has 1 unspecified atom stereocenters. The van der Waals surface area contributed by atoms with Crippen LogP contribution in [-0.4, -0.2) is 46.7 Å². The van der Waals surface area contributed by atoms with Gasteiger partial charge in [0.2, 0.25) is 0 Å². The van der Waals surface area contributed by atoms with Crippen molar-refractivity contribution in [1.29, 1.82) is 0 Å². The molecule has 1 atom stereocenters. The molecule has 3 aliphatic rings. The molecule has 4 heterocycles. The van der Waals surface area contributed by atoms with Gasteiger partial charge in [0.05, 0.1) is 25.3 Å². The predicted octanol–water partition coefficient (Wildman–Crippen LogP) is 1.06. The maximum Gasteiger partial charge on any atom is 0.372 e. The second-order valence-corrected chi connectivity index (χ2v) is 7.00. The highest BCUT2D eigenvalue weighted by Crippen LogP contribution is 2.38. The van der Waals surface area contributed by atoms with E-state index in [1.54, 1.807) is 0 Å². The third-order valence-corrected chi connectivity index (χ3v) is 5.73. The SMILES string of the molecule is B[N+]12CCC(CC1)C(Cn1c(O)nc(Br)c1C)C2. The van der Waals surface area contributed by atoms with Gasteiger partial charge in [0, 0.05) is 12.5 Å². The largest absolute Gasteiger partial charge is 0.480 e. The molecule has 3 fully saturated rings. The highest BCUT2D eigenvalue weighted by molar-refractivity contribution is 9.10. The number of rotatable bonds is 2. The lowest BCUT2D eigenvalue weighted by Gasteiger charge is -2.52. The minimum Gasteiger partial charge on any atom is -0.480 e. The van der Waals surface area contributed by atoms with Crippen LogP contribution in [0.2, 0.25) is 0 Å². The summed E-state index contributed by atoms with van der Waals surface area (Å²) in [7, 11) is 2.37. The molecule has 0 aliphatic carbocycles. The zero-order valence-corrected chi connectivity index (χ0v) is 12.7. The molecular weight excluding hydrogens is 293 g/mol. The predicted molar refractivity (Wildman–Crippen MR) is 75.9 cm³/mol. The number of quaternary nitrogens is 1. The van der Waals surface area contributed by atoms with Crippen LogP contribution in [0.15, 0.2) is 4.60 Å². The lowest BCUT2D eigenvalue weighted by Crippen LogP contribution is -2.60. The normalized spacial score (nSPS) is 35.0. The van der Waals surface area contributed by atoms with E-state index in [0.717, 1.165) is 22.8 Å². The van der Waals surface area contributed by atoms with E-state index in [1.807, 2.05) is 11.5 Å². The zero-order valence-electron chi connectivity index (χ0n) is 11.1. The summed E-state index contributed by atoms with van der Waals surface area (Å²) < 4.78 is 3.95. The van der Waals surface area contributed by atoms with Gasteiger partial charge in [-0.2, -0.15) is 4.98 Å². The quantitative estimate of drug-likeness (QED) is 0.830. The molecule has 4 rings (SSSR count). The topological polar surface area (TPSA) is 38.0 Å². The Bertz CT molecular complexity index is 468. The van der Waals surface area contributed by atoms with E-state index in [9.17, 15) is 5.11 Å². The van der Waals surface area contributed by atoms with Crippen LogP contribution in [0.25, 0.3) is 0 Å². The van der Waals surface area contributed by atoms with Gasteiger partial charge in [-0.05, 0) is 41.6 Å². The van der Waals surface area contributed by atoms with E-state index in [0.29, 0.717) is 5.92 Å². The Hall–Kier alpha value is -0.485. The molecule has 0 aromatic carbocycles. The van der Waals surface area contributed by atoms with Crippen molar-refractivity contribution in [3.8, 4) is 6.01 Å². The minimum absolute atomic E-state index is 0.151. The number of fused-ring (bicyclic) bond motifs is 3. The number of aromatic hydroxyl groups is 1. The van der Waals surface area contributed by atoms with Crippen LogP contribution in [0, 0.1) is 18.8 Å². The molecule has 0 spiro atoms. The van der Waals surface area contributed by atoms with E-state index in [2.05, 4.69) is 28.9 Å². The molecule has 3 aliphatic heterocycles. The van der Waals surface area contributed by atoms with Gasteiger partial charge in [0.1, 0.15) is 4.60 Å². The van der Waals surface area contributed by atoms with Gasteiger partial charge in [0.15, 0.2) is 0 Å². The van der Waals surface area contributed by atoms with Crippen LogP contribution in [0.4, 0.5) is 0 Å². The summed E-state index contributed by atoms with van der Waals surface area (Å²) >= 11 is 3.39.